The summed E-state index contributed by atoms with van der Waals surface area (Å²) in [7, 11) is 3.26. The molecule has 0 unspecified atom stereocenters. The summed E-state index contributed by atoms with van der Waals surface area (Å²) in [6.45, 7) is 3.78. The molecule has 1 N–H and O–H groups in total. The molecule has 6 heteroatoms. The molecule has 21 heavy (non-hydrogen) atoms. The van der Waals surface area contributed by atoms with E-state index in [1.165, 1.54) is 0 Å². The van der Waals surface area contributed by atoms with Gasteiger partial charge in [-0.2, -0.15) is 5.26 Å². The Morgan fingerprint density at radius 2 is 1.86 bits per heavy atom. The van der Waals surface area contributed by atoms with Gasteiger partial charge in [0.05, 0.1) is 26.7 Å². The Kier molecular flexibility index (Phi) is 5.85. The van der Waals surface area contributed by atoms with Crippen LogP contribution in [0.15, 0.2) is 16.6 Å². The maximum atomic E-state index is 9.17. The Bertz CT molecular complexity index is 499. The number of methoxy groups -OCH3 is 2. The van der Waals surface area contributed by atoms with Crippen molar-refractivity contribution in [1.29, 1.82) is 5.26 Å². The van der Waals surface area contributed by atoms with Gasteiger partial charge in [0, 0.05) is 32.2 Å². The summed E-state index contributed by atoms with van der Waals surface area (Å²) in [5.74, 6) is 1.45. The van der Waals surface area contributed by atoms with Crippen LogP contribution in [0.3, 0.4) is 0 Å². The van der Waals surface area contributed by atoms with E-state index in [2.05, 4.69) is 32.2 Å². The van der Waals surface area contributed by atoms with Crippen LogP contribution in [0.5, 0.6) is 11.5 Å². The van der Waals surface area contributed by atoms with Gasteiger partial charge in [-0.1, -0.05) is 0 Å². The van der Waals surface area contributed by atoms with Gasteiger partial charge in [-0.05, 0) is 33.6 Å². The number of halogens is 1. The van der Waals surface area contributed by atoms with E-state index >= 15 is 0 Å². The Morgan fingerprint density at radius 1 is 1.29 bits per heavy atom. The number of benzene rings is 1. The fourth-order valence-electron chi connectivity index (χ4n) is 2.62. The van der Waals surface area contributed by atoms with Crippen LogP contribution in [0.4, 0.5) is 0 Å². The van der Waals surface area contributed by atoms with Gasteiger partial charge in [0.15, 0.2) is 0 Å². The lowest BCUT2D eigenvalue weighted by Crippen LogP contribution is -2.45. The Morgan fingerprint density at radius 3 is 2.33 bits per heavy atom. The molecule has 1 aliphatic rings. The van der Waals surface area contributed by atoms with E-state index in [4.69, 9.17) is 9.47 Å². The van der Waals surface area contributed by atoms with Crippen LogP contribution in [-0.2, 0) is 0 Å². The first-order valence-electron chi connectivity index (χ1n) is 6.94. The number of nitrogens with zero attached hydrogens (tertiary/aromatic N) is 2. The molecule has 0 saturated carbocycles. The molecule has 1 aromatic rings. The summed E-state index contributed by atoms with van der Waals surface area (Å²) in [5, 5.41) is 12.5. The standard InChI is InChI=1S/C15H20BrN3O2/c1-20-13-9-11(10-14(21-2)15(13)16)12(3-4-17)19-7-5-18-6-8-19/h9-10,12,18H,3,5-8H2,1-2H3/t12-/m0/s1. The molecule has 0 amide bonds. The minimum atomic E-state index is 0.0630. The molecule has 1 saturated heterocycles. The molecule has 1 fully saturated rings. The summed E-state index contributed by atoms with van der Waals surface area (Å²) in [4.78, 5) is 2.34. The number of piperazine rings is 1. The lowest BCUT2D eigenvalue weighted by molar-refractivity contribution is 0.175. The zero-order chi connectivity index (χ0) is 15.2. The van der Waals surface area contributed by atoms with Crippen LogP contribution < -0.4 is 14.8 Å². The third kappa shape index (κ3) is 3.67. The number of nitriles is 1. The summed E-state index contributed by atoms with van der Waals surface area (Å²) >= 11 is 3.48. The first-order valence-corrected chi connectivity index (χ1v) is 7.73. The number of rotatable bonds is 5. The monoisotopic (exact) mass is 353 g/mol. The third-order valence-corrected chi connectivity index (χ3v) is 4.51. The van der Waals surface area contributed by atoms with Crippen molar-refractivity contribution in [2.24, 2.45) is 0 Å². The van der Waals surface area contributed by atoms with Crippen LogP contribution >= 0.6 is 15.9 Å². The molecule has 0 spiro atoms. The normalized spacial score (nSPS) is 17.0. The SMILES string of the molecule is COc1cc([C@H](CC#N)N2CCNCC2)cc(OC)c1Br. The van der Waals surface area contributed by atoms with Gasteiger partial charge in [0.25, 0.3) is 0 Å². The van der Waals surface area contributed by atoms with Crippen LogP contribution in [0.2, 0.25) is 0 Å². The van der Waals surface area contributed by atoms with Crippen LogP contribution in [-0.4, -0.2) is 45.3 Å². The second-order valence-corrected chi connectivity index (χ2v) is 5.70. The fraction of sp³-hybridized carbons (Fsp3) is 0.533. The molecule has 2 rings (SSSR count). The summed E-state index contributed by atoms with van der Waals surface area (Å²) in [5.41, 5.74) is 1.05. The summed E-state index contributed by atoms with van der Waals surface area (Å²) in [6.07, 6.45) is 0.452. The minimum Gasteiger partial charge on any atom is -0.495 e. The molecule has 0 aromatic heterocycles. The van der Waals surface area contributed by atoms with Gasteiger partial charge in [0.1, 0.15) is 16.0 Å². The van der Waals surface area contributed by atoms with Crippen molar-refractivity contribution >= 4 is 15.9 Å². The fourth-order valence-corrected chi connectivity index (χ4v) is 3.17. The van der Waals surface area contributed by atoms with Crippen molar-refractivity contribution in [1.82, 2.24) is 10.2 Å². The average molecular weight is 354 g/mol. The maximum Gasteiger partial charge on any atom is 0.137 e. The van der Waals surface area contributed by atoms with Crippen molar-refractivity contribution in [3.8, 4) is 17.6 Å². The molecule has 1 heterocycles. The van der Waals surface area contributed by atoms with E-state index in [0.717, 1.165) is 47.7 Å². The topological polar surface area (TPSA) is 57.5 Å². The van der Waals surface area contributed by atoms with E-state index < -0.39 is 0 Å². The van der Waals surface area contributed by atoms with Gasteiger partial charge < -0.3 is 14.8 Å². The molecule has 1 aliphatic heterocycles. The molecule has 5 nitrogen and oxygen atoms in total. The Hall–Kier alpha value is -1.29. The van der Waals surface area contributed by atoms with E-state index in [1.807, 2.05) is 12.1 Å². The first kappa shape index (κ1) is 16.1. The van der Waals surface area contributed by atoms with Crippen LogP contribution in [0.1, 0.15) is 18.0 Å². The zero-order valence-electron chi connectivity index (χ0n) is 12.4. The molecule has 0 aliphatic carbocycles. The largest absolute Gasteiger partial charge is 0.495 e. The molecule has 1 atom stereocenters. The Balaban J connectivity index is 2.37. The average Bonchev–Trinajstić information content (AvgIpc) is 2.54. The molecule has 0 bridgehead atoms. The molecular formula is C15H20BrN3O2. The lowest BCUT2D eigenvalue weighted by Gasteiger charge is -2.34. The predicted octanol–water partition coefficient (Wildman–Crippen LogP) is 2.33. The third-order valence-electron chi connectivity index (χ3n) is 3.73. The van der Waals surface area contributed by atoms with Gasteiger partial charge in [0.2, 0.25) is 0 Å². The highest BCUT2D eigenvalue weighted by Gasteiger charge is 2.24. The second kappa shape index (κ2) is 7.64. The molecule has 114 valence electrons. The quantitative estimate of drug-likeness (QED) is 0.880. The zero-order valence-corrected chi connectivity index (χ0v) is 13.9. The van der Waals surface area contributed by atoms with Crippen molar-refractivity contribution in [2.75, 3.05) is 40.4 Å². The highest BCUT2D eigenvalue weighted by molar-refractivity contribution is 9.10. The van der Waals surface area contributed by atoms with Crippen LogP contribution in [0.25, 0.3) is 0 Å². The maximum absolute atomic E-state index is 9.17. The van der Waals surface area contributed by atoms with Crippen LogP contribution in [0, 0.1) is 11.3 Å². The van der Waals surface area contributed by atoms with Crippen molar-refractivity contribution < 1.29 is 9.47 Å². The number of ether oxygens (including phenoxy) is 2. The molecular weight excluding hydrogens is 334 g/mol. The summed E-state index contributed by atoms with van der Waals surface area (Å²) in [6, 6.07) is 6.33. The highest BCUT2D eigenvalue weighted by atomic mass is 79.9. The Labute approximate surface area is 134 Å². The van der Waals surface area contributed by atoms with E-state index in [0.29, 0.717) is 6.42 Å². The number of hydrogen-bond donors (Lipinski definition) is 1. The summed E-state index contributed by atoms with van der Waals surface area (Å²) < 4.78 is 11.6. The van der Waals surface area contributed by atoms with E-state index in [9.17, 15) is 5.26 Å². The minimum absolute atomic E-state index is 0.0630. The number of nitrogens with one attached hydrogen (secondary N) is 1. The smallest absolute Gasteiger partial charge is 0.137 e. The van der Waals surface area contributed by atoms with Gasteiger partial charge in [-0.3, -0.25) is 4.90 Å². The van der Waals surface area contributed by atoms with Gasteiger partial charge in [-0.25, -0.2) is 0 Å². The van der Waals surface area contributed by atoms with Crippen molar-refractivity contribution in [3.05, 3.63) is 22.2 Å². The number of hydrogen-bond acceptors (Lipinski definition) is 5. The van der Waals surface area contributed by atoms with E-state index in [1.54, 1.807) is 14.2 Å². The van der Waals surface area contributed by atoms with Crippen molar-refractivity contribution in [3.63, 3.8) is 0 Å². The molecule has 0 radical (unpaired) electrons. The second-order valence-electron chi connectivity index (χ2n) is 4.90. The first-order chi connectivity index (χ1) is 10.2. The van der Waals surface area contributed by atoms with Crippen molar-refractivity contribution in [2.45, 2.75) is 12.5 Å². The highest BCUT2D eigenvalue weighted by Crippen LogP contribution is 2.39. The lowest BCUT2D eigenvalue weighted by atomic mass is 10.0. The van der Waals surface area contributed by atoms with Gasteiger partial charge >= 0.3 is 0 Å². The molecule has 1 aromatic carbocycles. The van der Waals surface area contributed by atoms with E-state index in [-0.39, 0.29) is 6.04 Å². The van der Waals surface area contributed by atoms with Gasteiger partial charge in [-0.15, -0.1) is 0 Å². The predicted molar refractivity (Wildman–Crippen MR) is 84.7 cm³/mol.